The molecule has 0 radical (unpaired) electrons. The third-order valence-electron chi connectivity index (χ3n) is 5.94. The van der Waals surface area contributed by atoms with Crippen LogP contribution in [0, 0.1) is 5.92 Å². The fourth-order valence-electron chi connectivity index (χ4n) is 4.15. The Labute approximate surface area is 163 Å². The fraction of sp³-hybridized carbons (Fsp3) is 0.700. The molecule has 1 atom stereocenters. The summed E-state index contributed by atoms with van der Waals surface area (Å²) in [7, 11) is -1.65. The van der Waals surface area contributed by atoms with E-state index in [4.69, 9.17) is 9.47 Å². The first-order chi connectivity index (χ1) is 12.9. The summed E-state index contributed by atoms with van der Waals surface area (Å²) in [6, 6.07) is 7.37. The number of piperidine rings is 1. The van der Waals surface area contributed by atoms with Crippen LogP contribution in [-0.4, -0.2) is 69.7 Å². The highest BCUT2D eigenvalue weighted by atomic mass is 32.2. The molecule has 2 aliphatic heterocycles. The van der Waals surface area contributed by atoms with Crippen LogP contribution in [0.25, 0.3) is 0 Å². The van der Waals surface area contributed by atoms with E-state index >= 15 is 0 Å². The molecule has 6 nitrogen and oxygen atoms in total. The minimum atomic E-state index is -3.46. The number of likely N-dealkylation sites (tertiary alicyclic amines) is 1. The predicted octanol–water partition coefficient (Wildman–Crippen LogP) is 2.34. The zero-order valence-electron chi connectivity index (χ0n) is 16.7. The van der Waals surface area contributed by atoms with E-state index in [1.54, 1.807) is 13.2 Å². The van der Waals surface area contributed by atoms with Gasteiger partial charge in [0.15, 0.2) is 0 Å². The maximum absolute atomic E-state index is 12.9. The summed E-state index contributed by atoms with van der Waals surface area (Å²) in [4.78, 5) is 2.76. The van der Waals surface area contributed by atoms with Crippen molar-refractivity contribution in [2.75, 3.05) is 46.5 Å². The first-order valence-corrected chi connectivity index (χ1v) is 11.3. The van der Waals surface area contributed by atoms with Crippen molar-refractivity contribution in [3.8, 4) is 0 Å². The Morgan fingerprint density at radius 2 is 1.96 bits per heavy atom. The second-order valence-electron chi connectivity index (χ2n) is 7.90. The summed E-state index contributed by atoms with van der Waals surface area (Å²) in [6.45, 7) is 8.81. The number of morpholine rings is 1. The molecular formula is C20H32N2O4S. The van der Waals surface area contributed by atoms with Crippen molar-refractivity contribution in [1.82, 2.24) is 9.21 Å². The lowest BCUT2D eigenvalue weighted by atomic mass is 9.82. The predicted molar refractivity (Wildman–Crippen MR) is 105 cm³/mol. The number of hydrogen-bond acceptors (Lipinski definition) is 5. The Bertz CT molecular complexity index is 731. The quantitative estimate of drug-likeness (QED) is 0.739. The Hall–Kier alpha value is -0.990. The van der Waals surface area contributed by atoms with Gasteiger partial charge < -0.3 is 9.47 Å². The molecule has 0 saturated carbocycles. The van der Waals surface area contributed by atoms with Gasteiger partial charge in [-0.25, -0.2) is 8.42 Å². The molecule has 27 heavy (non-hydrogen) atoms. The molecule has 2 fully saturated rings. The van der Waals surface area contributed by atoms with Crippen LogP contribution in [0.1, 0.15) is 32.3 Å². The smallest absolute Gasteiger partial charge is 0.243 e. The van der Waals surface area contributed by atoms with Crippen molar-refractivity contribution >= 4 is 10.0 Å². The topological polar surface area (TPSA) is 59.1 Å². The van der Waals surface area contributed by atoms with Crippen LogP contribution in [0.2, 0.25) is 0 Å². The molecule has 0 bridgehead atoms. The number of sulfonamides is 1. The van der Waals surface area contributed by atoms with E-state index in [1.165, 1.54) is 4.31 Å². The van der Waals surface area contributed by atoms with Crippen molar-refractivity contribution in [1.29, 1.82) is 0 Å². The second kappa shape index (κ2) is 8.57. The maximum atomic E-state index is 12.9. The molecule has 0 amide bonds. The van der Waals surface area contributed by atoms with Gasteiger partial charge in [0.25, 0.3) is 0 Å². The van der Waals surface area contributed by atoms with Gasteiger partial charge in [0.2, 0.25) is 10.0 Å². The second-order valence-corrected chi connectivity index (χ2v) is 9.84. The van der Waals surface area contributed by atoms with E-state index < -0.39 is 10.0 Å². The lowest BCUT2D eigenvalue weighted by Gasteiger charge is -2.44. The summed E-state index contributed by atoms with van der Waals surface area (Å²) in [5.74, 6) is 0.443. The first-order valence-electron chi connectivity index (χ1n) is 9.82. The van der Waals surface area contributed by atoms with Crippen molar-refractivity contribution < 1.29 is 17.9 Å². The minimum Gasteiger partial charge on any atom is -0.379 e. The minimum absolute atomic E-state index is 0.115. The summed E-state index contributed by atoms with van der Waals surface area (Å²) in [5.41, 5.74) is 0.912. The van der Waals surface area contributed by atoms with Crippen LogP contribution in [0.5, 0.6) is 0 Å². The molecule has 1 aromatic rings. The Morgan fingerprint density at radius 1 is 1.22 bits per heavy atom. The highest BCUT2D eigenvalue weighted by Crippen LogP contribution is 2.32. The van der Waals surface area contributed by atoms with Crippen molar-refractivity contribution in [2.24, 2.45) is 5.92 Å². The number of benzene rings is 1. The Morgan fingerprint density at radius 3 is 2.63 bits per heavy atom. The average molecular weight is 397 g/mol. The van der Waals surface area contributed by atoms with Crippen LogP contribution < -0.4 is 0 Å². The van der Waals surface area contributed by atoms with Crippen LogP contribution in [-0.2, 0) is 26.0 Å². The zero-order valence-corrected chi connectivity index (χ0v) is 17.5. The highest BCUT2D eigenvalue weighted by Gasteiger charge is 2.38. The fourth-order valence-corrected chi connectivity index (χ4v) is 5.62. The molecule has 7 heteroatoms. The van der Waals surface area contributed by atoms with E-state index in [0.717, 1.165) is 38.0 Å². The van der Waals surface area contributed by atoms with E-state index in [1.807, 2.05) is 18.2 Å². The highest BCUT2D eigenvalue weighted by molar-refractivity contribution is 7.89. The molecule has 0 N–H and O–H groups in total. The molecule has 0 aliphatic carbocycles. The number of methoxy groups -OCH3 is 1. The molecule has 152 valence electrons. The van der Waals surface area contributed by atoms with Gasteiger partial charge in [-0.1, -0.05) is 26.0 Å². The van der Waals surface area contributed by atoms with Gasteiger partial charge in [-0.2, -0.15) is 4.31 Å². The van der Waals surface area contributed by atoms with Gasteiger partial charge in [-0.05, 0) is 43.0 Å². The Balaban J connectivity index is 1.74. The molecule has 2 aliphatic rings. The first kappa shape index (κ1) is 20.7. The van der Waals surface area contributed by atoms with E-state index in [-0.39, 0.29) is 5.60 Å². The van der Waals surface area contributed by atoms with E-state index in [2.05, 4.69) is 18.7 Å². The van der Waals surface area contributed by atoms with Gasteiger partial charge >= 0.3 is 0 Å². The third kappa shape index (κ3) is 4.54. The standard InChI is InChI=1S/C20H32N2O4S/c1-17(2)20(25-3)8-5-9-21(16-20)15-18-6-4-7-19(14-18)27(23,24)22-10-12-26-13-11-22/h4,6-7,14,17H,5,8-13,15-16H2,1-3H3. The molecule has 2 saturated heterocycles. The summed E-state index contributed by atoms with van der Waals surface area (Å²) >= 11 is 0. The van der Waals surface area contributed by atoms with Crippen molar-refractivity contribution in [3.63, 3.8) is 0 Å². The van der Waals surface area contributed by atoms with Gasteiger partial charge in [0.05, 0.1) is 23.7 Å². The lowest BCUT2D eigenvalue weighted by molar-refractivity contribution is -0.0967. The van der Waals surface area contributed by atoms with E-state index in [0.29, 0.717) is 37.1 Å². The molecule has 0 aromatic heterocycles. The zero-order chi connectivity index (χ0) is 19.5. The molecule has 3 rings (SSSR count). The number of nitrogens with zero attached hydrogens (tertiary/aromatic N) is 2. The molecule has 0 spiro atoms. The monoisotopic (exact) mass is 396 g/mol. The normalized spacial score (nSPS) is 25.8. The van der Waals surface area contributed by atoms with E-state index in [9.17, 15) is 8.42 Å². The Kier molecular flexibility index (Phi) is 6.58. The number of rotatable bonds is 6. The van der Waals surface area contributed by atoms with Gasteiger partial charge in [-0.3, -0.25) is 4.90 Å². The van der Waals surface area contributed by atoms with Crippen molar-refractivity contribution in [3.05, 3.63) is 29.8 Å². The number of hydrogen-bond donors (Lipinski definition) is 0. The SMILES string of the molecule is COC1(C(C)C)CCCN(Cc2cccc(S(=O)(=O)N3CCOCC3)c2)C1. The van der Waals surface area contributed by atoms with Gasteiger partial charge in [-0.15, -0.1) is 0 Å². The third-order valence-corrected chi connectivity index (χ3v) is 7.83. The van der Waals surface area contributed by atoms with Crippen molar-refractivity contribution in [2.45, 2.75) is 43.7 Å². The van der Waals surface area contributed by atoms with Crippen LogP contribution in [0.4, 0.5) is 0 Å². The molecular weight excluding hydrogens is 364 g/mol. The molecule has 1 aromatic carbocycles. The molecule has 2 heterocycles. The van der Waals surface area contributed by atoms with Gasteiger partial charge in [0.1, 0.15) is 0 Å². The summed E-state index contributed by atoms with van der Waals surface area (Å²) < 4.78 is 38.5. The lowest BCUT2D eigenvalue weighted by Crippen LogP contribution is -2.52. The maximum Gasteiger partial charge on any atom is 0.243 e. The molecule has 1 unspecified atom stereocenters. The van der Waals surface area contributed by atoms with Crippen LogP contribution >= 0.6 is 0 Å². The largest absolute Gasteiger partial charge is 0.379 e. The summed E-state index contributed by atoms with van der Waals surface area (Å²) in [6.07, 6.45) is 2.17. The van der Waals surface area contributed by atoms with Gasteiger partial charge in [0, 0.05) is 33.3 Å². The number of ether oxygens (including phenoxy) is 2. The van der Waals surface area contributed by atoms with Crippen LogP contribution in [0.15, 0.2) is 29.2 Å². The van der Waals surface area contributed by atoms with Crippen LogP contribution in [0.3, 0.4) is 0 Å². The average Bonchev–Trinajstić information content (AvgIpc) is 2.69. The summed E-state index contributed by atoms with van der Waals surface area (Å²) in [5, 5.41) is 0.